The molecule has 1 heterocycles. The maximum absolute atomic E-state index is 11.8. The summed E-state index contributed by atoms with van der Waals surface area (Å²) in [4.78, 5) is 23.5. The van der Waals surface area contributed by atoms with E-state index in [4.69, 9.17) is 19.3 Å². The topological polar surface area (TPSA) is 82.1 Å². The van der Waals surface area contributed by atoms with Crippen LogP contribution in [0.5, 0.6) is 0 Å². The van der Waals surface area contributed by atoms with Gasteiger partial charge in [-0.2, -0.15) is 0 Å². The third-order valence-corrected chi connectivity index (χ3v) is 3.23. The summed E-state index contributed by atoms with van der Waals surface area (Å²) in [6.45, 7) is 3.64. The van der Waals surface area contributed by atoms with Crippen LogP contribution in [-0.4, -0.2) is 42.5 Å². The van der Waals surface area contributed by atoms with Crippen LogP contribution in [0.4, 0.5) is 0 Å². The maximum atomic E-state index is 11.8. The van der Waals surface area contributed by atoms with Gasteiger partial charge in [0.15, 0.2) is 0 Å². The van der Waals surface area contributed by atoms with Gasteiger partial charge in [-0.05, 0) is 19.9 Å². The number of rotatable bonds is 7. The normalized spacial score (nSPS) is 19.2. The van der Waals surface area contributed by atoms with Crippen LogP contribution in [0.2, 0.25) is 0 Å². The van der Waals surface area contributed by atoms with Crippen LogP contribution in [0.3, 0.4) is 0 Å². The predicted molar refractivity (Wildman–Crippen MR) is 77.3 cm³/mol. The summed E-state index contributed by atoms with van der Waals surface area (Å²) >= 11 is 0. The molecule has 6 nitrogen and oxygen atoms in total. The molecule has 0 radical (unpaired) electrons. The van der Waals surface area contributed by atoms with Crippen molar-refractivity contribution in [3.8, 4) is 0 Å². The highest BCUT2D eigenvalue weighted by Crippen LogP contribution is 2.32. The minimum absolute atomic E-state index is 0.0219. The number of carbonyl (C=O) groups is 2. The number of benzene rings is 1. The average molecular weight is 308 g/mol. The van der Waals surface area contributed by atoms with Gasteiger partial charge in [-0.25, -0.2) is 4.79 Å². The van der Waals surface area contributed by atoms with Crippen molar-refractivity contribution >= 4 is 11.9 Å². The lowest BCUT2D eigenvalue weighted by Crippen LogP contribution is -2.23. The van der Waals surface area contributed by atoms with Gasteiger partial charge in [-0.3, -0.25) is 4.79 Å². The molecule has 1 aromatic rings. The third-order valence-electron chi connectivity index (χ3n) is 3.23. The van der Waals surface area contributed by atoms with Gasteiger partial charge in [-0.1, -0.05) is 18.2 Å². The van der Waals surface area contributed by atoms with E-state index in [2.05, 4.69) is 0 Å². The Labute approximate surface area is 129 Å². The van der Waals surface area contributed by atoms with E-state index in [1.807, 2.05) is 0 Å². The van der Waals surface area contributed by atoms with Gasteiger partial charge in [-0.15, -0.1) is 0 Å². The van der Waals surface area contributed by atoms with Gasteiger partial charge in [0, 0.05) is 5.56 Å². The van der Waals surface area contributed by atoms with Crippen LogP contribution in [0.15, 0.2) is 24.3 Å². The molecule has 0 spiro atoms. The number of hydrogen-bond acceptors (Lipinski definition) is 6. The molecule has 0 aliphatic carbocycles. The van der Waals surface area contributed by atoms with E-state index in [0.717, 1.165) is 0 Å². The highest BCUT2D eigenvalue weighted by molar-refractivity contribution is 5.94. The molecule has 0 saturated heterocycles. The number of esters is 2. The molecular weight excluding hydrogens is 288 g/mol. The number of hydrogen-bond donors (Lipinski definition) is 1. The van der Waals surface area contributed by atoms with Crippen LogP contribution in [0.1, 0.15) is 42.3 Å². The lowest BCUT2D eigenvalue weighted by atomic mass is 10.0. The van der Waals surface area contributed by atoms with Crippen molar-refractivity contribution in [3.63, 3.8) is 0 Å². The molecular formula is C16H20O6. The van der Waals surface area contributed by atoms with E-state index in [1.165, 1.54) is 0 Å². The van der Waals surface area contributed by atoms with Crippen molar-refractivity contribution in [2.24, 2.45) is 0 Å². The summed E-state index contributed by atoms with van der Waals surface area (Å²) in [5, 5.41) is 9.11. The van der Waals surface area contributed by atoms with E-state index < -0.39 is 24.1 Å². The zero-order valence-corrected chi connectivity index (χ0v) is 12.7. The predicted octanol–water partition coefficient (Wildman–Crippen LogP) is 1.62. The monoisotopic (exact) mass is 308 g/mol. The Morgan fingerprint density at radius 1 is 1.32 bits per heavy atom. The molecule has 0 amide bonds. The first-order valence-electron chi connectivity index (χ1n) is 7.22. The van der Waals surface area contributed by atoms with E-state index in [0.29, 0.717) is 11.1 Å². The second-order valence-corrected chi connectivity index (χ2v) is 5.36. The second-order valence-electron chi connectivity index (χ2n) is 5.36. The summed E-state index contributed by atoms with van der Waals surface area (Å²) in [5.74, 6) is -0.871. The Kier molecular flexibility index (Phi) is 5.51. The number of aliphatic hydroxyl groups is 1. The molecule has 1 aromatic carbocycles. The lowest BCUT2D eigenvalue weighted by molar-refractivity contribution is -0.150. The highest BCUT2D eigenvalue weighted by Gasteiger charge is 2.32. The van der Waals surface area contributed by atoms with Crippen molar-refractivity contribution in [1.29, 1.82) is 0 Å². The van der Waals surface area contributed by atoms with Crippen LogP contribution < -0.4 is 0 Å². The number of fused-ring (bicyclic) bond motifs is 1. The smallest absolute Gasteiger partial charge is 0.339 e. The van der Waals surface area contributed by atoms with E-state index in [1.54, 1.807) is 38.1 Å². The van der Waals surface area contributed by atoms with Gasteiger partial charge < -0.3 is 19.3 Å². The molecule has 120 valence electrons. The molecule has 0 aromatic heterocycles. The molecule has 0 fully saturated rings. The van der Waals surface area contributed by atoms with Crippen LogP contribution in [0.25, 0.3) is 0 Å². The average Bonchev–Trinajstić information content (AvgIpc) is 2.80. The SMILES string of the molecule is CC(O)COC(C)COC(=O)CC1OC(=O)c2ccccc21. The first kappa shape index (κ1) is 16.5. The Hall–Kier alpha value is -1.92. The zero-order valence-electron chi connectivity index (χ0n) is 12.7. The second kappa shape index (κ2) is 7.38. The molecule has 1 aliphatic rings. The van der Waals surface area contributed by atoms with Gasteiger partial charge in [0.2, 0.25) is 0 Å². The summed E-state index contributed by atoms with van der Waals surface area (Å²) < 4.78 is 15.6. The molecule has 22 heavy (non-hydrogen) atoms. The molecule has 0 saturated carbocycles. The zero-order chi connectivity index (χ0) is 16.1. The van der Waals surface area contributed by atoms with Crippen molar-refractivity contribution in [2.75, 3.05) is 13.2 Å². The fraction of sp³-hybridized carbons (Fsp3) is 0.500. The summed E-state index contributed by atoms with van der Waals surface area (Å²) in [7, 11) is 0. The molecule has 1 aliphatic heterocycles. The van der Waals surface area contributed by atoms with Gasteiger partial charge >= 0.3 is 11.9 Å². The Morgan fingerprint density at radius 2 is 2.05 bits per heavy atom. The number of ether oxygens (including phenoxy) is 3. The Balaban J connectivity index is 1.80. The van der Waals surface area contributed by atoms with Crippen LogP contribution in [0, 0.1) is 0 Å². The van der Waals surface area contributed by atoms with Crippen molar-refractivity contribution in [1.82, 2.24) is 0 Å². The molecule has 1 N–H and O–H groups in total. The standard InChI is InChI=1S/C16H20O6/c1-10(17)8-20-11(2)9-21-15(18)7-14-12-5-3-4-6-13(12)16(19)22-14/h3-6,10-11,14,17H,7-9H2,1-2H3. The molecule has 3 atom stereocenters. The van der Waals surface area contributed by atoms with Gasteiger partial charge in [0.05, 0.1) is 30.8 Å². The highest BCUT2D eigenvalue weighted by atomic mass is 16.6. The number of carbonyl (C=O) groups excluding carboxylic acids is 2. The summed E-state index contributed by atoms with van der Waals surface area (Å²) in [6, 6.07) is 6.99. The van der Waals surface area contributed by atoms with E-state index in [-0.39, 0.29) is 25.7 Å². The maximum Gasteiger partial charge on any atom is 0.339 e. The fourth-order valence-corrected chi connectivity index (χ4v) is 2.14. The van der Waals surface area contributed by atoms with Crippen molar-refractivity contribution in [2.45, 2.75) is 38.6 Å². The van der Waals surface area contributed by atoms with E-state index >= 15 is 0 Å². The quantitative estimate of drug-likeness (QED) is 0.771. The van der Waals surface area contributed by atoms with Crippen molar-refractivity contribution < 1.29 is 28.9 Å². The van der Waals surface area contributed by atoms with Crippen LogP contribution >= 0.6 is 0 Å². The molecule has 2 rings (SSSR count). The van der Waals surface area contributed by atoms with Gasteiger partial charge in [0.1, 0.15) is 12.7 Å². The minimum Gasteiger partial charge on any atom is -0.463 e. The number of cyclic esters (lactones) is 1. The number of aliphatic hydroxyl groups excluding tert-OH is 1. The van der Waals surface area contributed by atoms with E-state index in [9.17, 15) is 9.59 Å². The van der Waals surface area contributed by atoms with Crippen LogP contribution in [-0.2, 0) is 19.0 Å². The fourth-order valence-electron chi connectivity index (χ4n) is 2.14. The first-order valence-corrected chi connectivity index (χ1v) is 7.22. The summed E-state index contributed by atoms with van der Waals surface area (Å²) in [6.07, 6.45) is -1.49. The summed E-state index contributed by atoms with van der Waals surface area (Å²) in [5.41, 5.74) is 1.21. The Morgan fingerprint density at radius 3 is 2.77 bits per heavy atom. The minimum atomic E-state index is -0.593. The third kappa shape index (κ3) is 4.29. The molecule has 6 heteroatoms. The first-order chi connectivity index (χ1) is 10.5. The molecule has 0 bridgehead atoms. The van der Waals surface area contributed by atoms with Gasteiger partial charge in [0.25, 0.3) is 0 Å². The lowest BCUT2D eigenvalue weighted by Gasteiger charge is -2.15. The Bertz CT molecular complexity index is 539. The molecule has 3 unspecified atom stereocenters. The van der Waals surface area contributed by atoms with Crippen molar-refractivity contribution in [3.05, 3.63) is 35.4 Å². The largest absolute Gasteiger partial charge is 0.463 e.